The van der Waals surface area contributed by atoms with Crippen molar-refractivity contribution in [3.63, 3.8) is 0 Å². The Morgan fingerprint density at radius 2 is 2.29 bits per heavy atom. The molecule has 2 N–H and O–H groups in total. The third-order valence-corrected chi connectivity index (χ3v) is 4.89. The fourth-order valence-electron chi connectivity index (χ4n) is 2.87. The van der Waals surface area contributed by atoms with E-state index >= 15 is 0 Å². The number of hydrogen-bond donors (Lipinski definition) is 2. The molecule has 0 aromatic carbocycles. The maximum atomic E-state index is 12.1. The molecular weight excluding hydrogens is 282 g/mol. The summed E-state index contributed by atoms with van der Waals surface area (Å²) in [7, 11) is 0. The van der Waals surface area contributed by atoms with E-state index in [4.69, 9.17) is 0 Å². The van der Waals surface area contributed by atoms with Gasteiger partial charge in [0.15, 0.2) is 0 Å². The summed E-state index contributed by atoms with van der Waals surface area (Å²) < 4.78 is 0. The van der Waals surface area contributed by atoms with E-state index in [2.05, 4.69) is 40.0 Å². The molecule has 0 atom stereocenters. The van der Waals surface area contributed by atoms with Crippen LogP contribution >= 0.6 is 11.3 Å². The zero-order valence-corrected chi connectivity index (χ0v) is 13.8. The molecule has 1 aliphatic rings. The minimum Gasteiger partial charge on any atom is -0.355 e. The predicted molar refractivity (Wildman–Crippen MR) is 88.8 cm³/mol. The minimum absolute atomic E-state index is 0.165. The van der Waals surface area contributed by atoms with Crippen LogP contribution in [0, 0.1) is 0 Å². The first-order valence-electron chi connectivity index (χ1n) is 8.03. The third-order valence-electron chi connectivity index (χ3n) is 3.96. The number of amides is 1. The highest BCUT2D eigenvalue weighted by atomic mass is 32.1. The summed E-state index contributed by atoms with van der Waals surface area (Å²) in [5.74, 6) is 0.165. The lowest BCUT2D eigenvalue weighted by atomic mass is 10.0. The molecule has 2 rings (SSSR count). The molecule has 0 radical (unpaired) electrons. The lowest BCUT2D eigenvalue weighted by molar-refractivity contribution is -0.122. The fourth-order valence-corrected chi connectivity index (χ4v) is 3.58. The monoisotopic (exact) mass is 309 g/mol. The Balaban J connectivity index is 1.72. The Bertz CT molecular complexity index is 402. The Labute approximate surface area is 131 Å². The number of thiophene rings is 1. The summed E-state index contributed by atoms with van der Waals surface area (Å²) in [6.07, 6.45) is 4.35. The third kappa shape index (κ3) is 5.77. The Morgan fingerprint density at radius 3 is 2.95 bits per heavy atom. The number of nitrogens with zero attached hydrogens (tertiary/aromatic N) is 1. The first-order chi connectivity index (χ1) is 10.3. The number of hydrogen-bond acceptors (Lipinski definition) is 4. The number of nitrogens with one attached hydrogen (secondary N) is 2. The quantitative estimate of drug-likeness (QED) is 0.770. The Morgan fingerprint density at radius 1 is 1.48 bits per heavy atom. The van der Waals surface area contributed by atoms with Crippen molar-refractivity contribution in [3.05, 3.63) is 22.4 Å². The summed E-state index contributed by atoms with van der Waals surface area (Å²) in [5, 5.41) is 8.53. The molecule has 0 spiro atoms. The molecule has 1 saturated heterocycles. The van der Waals surface area contributed by atoms with Crippen LogP contribution < -0.4 is 10.6 Å². The maximum absolute atomic E-state index is 12.1. The van der Waals surface area contributed by atoms with Gasteiger partial charge in [0.1, 0.15) is 0 Å². The van der Waals surface area contributed by atoms with Crippen LogP contribution in [0.4, 0.5) is 0 Å². The van der Waals surface area contributed by atoms with Crippen molar-refractivity contribution >= 4 is 17.2 Å². The van der Waals surface area contributed by atoms with Crippen LogP contribution in [0.3, 0.4) is 0 Å². The van der Waals surface area contributed by atoms with E-state index < -0.39 is 0 Å². The standard InChI is InChI=1S/C16H27N3OS/c1-2-11-19(14-5-8-17-9-6-14)13-16(20)18-10-7-15-4-3-12-21-15/h3-4,12,14,17H,2,5-11,13H2,1H3,(H,18,20). The van der Waals surface area contributed by atoms with Gasteiger partial charge in [0, 0.05) is 17.5 Å². The molecule has 0 saturated carbocycles. The molecule has 0 unspecified atom stereocenters. The van der Waals surface area contributed by atoms with E-state index in [1.54, 1.807) is 11.3 Å². The lowest BCUT2D eigenvalue weighted by Crippen LogP contribution is -2.47. The topological polar surface area (TPSA) is 44.4 Å². The van der Waals surface area contributed by atoms with Gasteiger partial charge in [0.2, 0.25) is 5.91 Å². The van der Waals surface area contributed by atoms with Gasteiger partial charge in [-0.1, -0.05) is 13.0 Å². The lowest BCUT2D eigenvalue weighted by Gasteiger charge is -2.34. The second kappa shape index (κ2) is 9.18. The average Bonchev–Trinajstić information content (AvgIpc) is 3.01. The highest BCUT2D eigenvalue weighted by Gasteiger charge is 2.21. The van der Waals surface area contributed by atoms with Crippen LogP contribution in [0.2, 0.25) is 0 Å². The van der Waals surface area contributed by atoms with E-state index in [1.807, 2.05) is 0 Å². The van der Waals surface area contributed by atoms with Crippen LogP contribution in [0.25, 0.3) is 0 Å². The SMILES string of the molecule is CCCN(CC(=O)NCCc1cccs1)C1CCNCC1. The number of rotatable bonds is 8. The van der Waals surface area contributed by atoms with Gasteiger partial charge >= 0.3 is 0 Å². The van der Waals surface area contributed by atoms with Gasteiger partial charge in [0.05, 0.1) is 6.54 Å². The number of carbonyl (C=O) groups is 1. The van der Waals surface area contributed by atoms with Crippen LogP contribution in [-0.4, -0.2) is 49.6 Å². The van der Waals surface area contributed by atoms with E-state index in [0.717, 1.165) is 51.9 Å². The van der Waals surface area contributed by atoms with E-state index in [1.165, 1.54) is 4.88 Å². The van der Waals surface area contributed by atoms with Crippen molar-refractivity contribution in [3.8, 4) is 0 Å². The number of piperidine rings is 1. The van der Waals surface area contributed by atoms with Gasteiger partial charge < -0.3 is 10.6 Å². The van der Waals surface area contributed by atoms with Gasteiger partial charge in [-0.05, 0) is 56.8 Å². The second-order valence-corrected chi connectivity index (χ2v) is 6.66. The smallest absolute Gasteiger partial charge is 0.234 e. The van der Waals surface area contributed by atoms with Gasteiger partial charge in [-0.3, -0.25) is 9.69 Å². The normalized spacial score (nSPS) is 16.3. The van der Waals surface area contributed by atoms with Crippen molar-refractivity contribution in [2.45, 2.75) is 38.6 Å². The molecule has 1 aromatic heterocycles. The highest BCUT2D eigenvalue weighted by Crippen LogP contribution is 2.12. The van der Waals surface area contributed by atoms with E-state index in [-0.39, 0.29) is 5.91 Å². The van der Waals surface area contributed by atoms with Crippen LogP contribution in [0.1, 0.15) is 31.1 Å². The molecule has 21 heavy (non-hydrogen) atoms. The molecule has 1 amide bonds. The van der Waals surface area contributed by atoms with Crippen molar-refractivity contribution in [1.82, 2.24) is 15.5 Å². The molecule has 4 nitrogen and oxygen atoms in total. The summed E-state index contributed by atoms with van der Waals surface area (Å²) in [6.45, 7) is 6.63. The Hall–Kier alpha value is -0.910. The summed E-state index contributed by atoms with van der Waals surface area (Å²) in [5.41, 5.74) is 0. The summed E-state index contributed by atoms with van der Waals surface area (Å²) >= 11 is 1.75. The largest absolute Gasteiger partial charge is 0.355 e. The van der Waals surface area contributed by atoms with Crippen LogP contribution in [0.5, 0.6) is 0 Å². The molecule has 5 heteroatoms. The number of carbonyl (C=O) groups excluding carboxylic acids is 1. The van der Waals surface area contributed by atoms with Crippen molar-refractivity contribution < 1.29 is 4.79 Å². The summed E-state index contributed by atoms with van der Waals surface area (Å²) in [4.78, 5) is 15.8. The summed E-state index contributed by atoms with van der Waals surface area (Å²) in [6, 6.07) is 4.74. The molecule has 1 aliphatic heterocycles. The Kier molecular flexibility index (Phi) is 7.19. The first-order valence-corrected chi connectivity index (χ1v) is 8.91. The van der Waals surface area contributed by atoms with Crippen LogP contribution in [0.15, 0.2) is 17.5 Å². The van der Waals surface area contributed by atoms with E-state index in [0.29, 0.717) is 12.6 Å². The van der Waals surface area contributed by atoms with Gasteiger partial charge in [-0.15, -0.1) is 11.3 Å². The molecule has 118 valence electrons. The van der Waals surface area contributed by atoms with Crippen molar-refractivity contribution in [2.75, 3.05) is 32.7 Å². The first kappa shape index (κ1) is 16.5. The molecule has 1 aromatic rings. The predicted octanol–water partition coefficient (Wildman–Crippen LogP) is 1.87. The fraction of sp³-hybridized carbons (Fsp3) is 0.688. The zero-order valence-electron chi connectivity index (χ0n) is 12.9. The molecule has 0 bridgehead atoms. The molecule has 2 heterocycles. The highest BCUT2D eigenvalue weighted by molar-refractivity contribution is 7.09. The maximum Gasteiger partial charge on any atom is 0.234 e. The van der Waals surface area contributed by atoms with Gasteiger partial charge in [0.25, 0.3) is 0 Å². The average molecular weight is 309 g/mol. The molecule has 1 fully saturated rings. The molecule has 0 aliphatic carbocycles. The van der Waals surface area contributed by atoms with Gasteiger partial charge in [-0.2, -0.15) is 0 Å². The van der Waals surface area contributed by atoms with Crippen molar-refractivity contribution in [1.29, 1.82) is 0 Å². The van der Waals surface area contributed by atoms with E-state index in [9.17, 15) is 4.79 Å². The molecular formula is C16H27N3OS. The minimum atomic E-state index is 0.165. The second-order valence-electron chi connectivity index (χ2n) is 5.63. The van der Waals surface area contributed by atoms with Crippen LogP contribution in [-0.2, 0) is 11.2 Å². The van der Waals surface area contributed by atoms with Crippen molar-refractivity contribution in [2.24, 2.45) is 0 Å². The van der Waals surface area contributed by atoms with Gasteiger partial charge in [-0.25, -0.2) is 0 Å². The zero-order chi connectivity index (χ0) is 14.9.